The number of hydrogen-bond acceptors (Lipinski definition) is 6. The molecule has 1 amide bonds. The molecule has 1 atom stereocenters. The molecule has 1 aromatic carbocycles. The minimum Gasteiger partial charge on any atom is -0.491 e. The fourth-order valence-electron chi connectivity index (χ4n) is 1.73. The fraction of sp³-hybridized carbons (Fsp3) is 0.188. The Morgan fingerprint density at radius 3 is 2.67 bits per heavy atom. The lowest BCUT2D eigenvalue weighted by Gasteiger charge is -2.15. The molecule has 0 aliphatic carbocycles. The summed E-state index contributed by atoms with van der Waals surface area (Å²) in [5.74, 6) is 0.800. The predicted molar refractivity (Wildman–Crippen MR) is 93.3 cm³/mol. The molecule has 8 heteroatoms. The first-order chi connectivity index (χ1) is 11.2. The number of carbonyl (C=O) groups excluding carboxylic acids is 1. The van der Waals surface area contributed by atoms with E-state index in [1.165, 1.54) is 17.8 Å². The zero-order valence-electron chi connectivity index (χ0n) is 13.0. The first-order valence-electron chi connectivity index (χ1n) is 7.06. The number of anilines is 1. The van der Waals surface area contributed by atoms with Gasteiger partial charge in [0.2, 0.25) is 0 Å². The minimum atomic E-state index is -0.624. The number of para-hydroxylation sites is 1. The van der Waals surface area contributed by atoms with Crippen LogP contribution in [0.3, 0.4) is 0 Å². The molecule has 0 unspecified atom stereocenters. The molecule has 0 aliphatic rings. The standard InChI is InChI=1S/C16H18N4O3.ClH/c1-12(11-23-14-5-3-2-4-6-14)19-15-10-17-13(9-18-15)7-8-16(21)20-22;/h2-10,12,22H,11H2,1H3,(H,18,19)(H,20,21);1H/b8-7+;/t12-;/m1./s1. The van der Waals surface area contributed by atoms with E-state index in [4.69, 9.17) is 9.94 Å². The minimum absolute atomic E-state index is 0. The van der Waals surface area contributed by atoms with Crippen molar-refractivity contribution in [1.82, 2.24) is 15.4 Å². The molecule has 0 saturated heterocycles. The van der Waals surface area contributed by atoms with Crippen LogP contribution < -0.4 is 15.5 Å². The molecule has 0 saturated carbocycles. The monoisotopic (exact) mass is 350 g/mol. The van der Waals surface area contributed by atoms with Crippen molar-refractivity contribution in [3.8, 4) is 5.75 Å². The topological polar surface area (TPSA) is 96.4 Å². The molecule has 0 spiro atoms. The summed E-state index contributed by atoms with van der Waals surface area (Å²) in [6.45, 7) is 2.47. The zero-order chi connectivity index (χ0) is 16.5. The Kier molecular flexibility index (Phi) is 8.24. The Bertz CT molecular complexity index is 650. The maximum atomic E-state index is 10.9. The van der Waals surface area contributed by atoms with Gasteiger partial charge in [-0.15, -0.1) is 12.4 Å². The second kappa shape index (κ2) is 10.2. The second-order valence-electron chi connectivity index (χ2n) is 4.81. The Morgan fingerprint density at radius 1 is 1.29 bits per heavy atom. The number of carbonyl (C=O) groups is 1. The smallest absolute Gasteiger partial charge is 0.267 e. The molecule has 2 aromatic rings. The number of benzene rings is 1. The number of amides is 1. The molecule has 128 valence electrons. The van der Waals surface area contributed by atoms with Crippen LogP contribution in [0.4, 0.5) is 5.82 Å². The largest absolute Gasteiger partial charge is 0.491 e. The van der Waals surface area contributed by atoms with E-state index in [2.05, 4.69) is 15.3 Å². The zero-order valence-corrected chi connectivity index (χ0v) is 13.9. The summed E-state index contributed by atoms with van der Waals surface area (Å²) in [7, 11) is 0. The van der Waals surface area contributed by atoms with E-state index in [0.29, 0.717) is 18.1 Å². The van der Waals surface area contributed by atoms with E-state index in [-0.39, 0.29) is 18.4 Å². The van der Waals surface area contributed by atoms with Gasteiger partial charge in [-0.1, -0.05) is 18.2 Å². The van der Waals surface area contributed by atoms with Gasteiger partial charge in [-0.2, -0.15) is 0 Å². The van der Waals surface area contributed by atoms with Crippen molar-refractivity contribution < 1.29 is 14.7 Å². The van der Waals surface area contributed by atoms with Gasteiger partial charge in [-0.3, -0.25) is 15.0 Å². The van der Waals surface area contributed by atoms with Crippen LogP contribution in [0.25, 0.3) is 6.08 Å². The number of nitrogens with one attached hydrogen (secondary N) is 2. The van der Waals surface area contributed by atoms with Crippen LogP contribution in [0.1, 0.15) is 12.6 Å². The third-order valence-corrected chi connectivity index (χ3v) is 2.82. The highest BCUT2D eigenvalue weighted by molar-refractivity contribution is 5.90. The molecular formula is C16H19ClN4O3. The number of aromatic nitrogens is 2. The molecule has 2 rings (SSSR count). The van der Waals surface area contributed by atoms with Crippen molar-refractivity contribution in [2.45, 2.75) is 13.0 Å². The molecule has 0 fully saturated rings. The van der Waals surface area contributed by atoms with E-state index in [9.17, 15) is 4.79 Å². The summed E-state index contributed by atoms with van der Waals surface area (Å²) in [5.41, 5.74) is 2.01. The third kappa shape index (κ3) is 6.64. The van der Waals surface area contributed by atoms with Gasteiger partial charge in [0, 0.05) is 6.08 Å². The van der Waals surface area contributed by atoms with E-state index in [0.717, 1.165) is 11.8 Å². The number of hydrogen-bond donors (Lipinski definition) is 3. The first-order valence-corrected chi connectivity index (χ1v) is 7.06. The SMILES string of the molecule is C[C@H](COc1ccccc1)Nc1cnc(/C=C/C(=O)NO)cn1.Cl. The summed E-state index contributed by atoms with van der Waals surface area (Å²) >= 11 is 0. The van der Waals surface area contributed by atoms with Crippen LogP contribution in [-0.4, -0.2) is 33.7 Å². The van der Waals surface area contributed by atoms with Crippen molar-refractivity contribution in [2.75, 3.05) is 11.9 Å². The van der Waals surface area contributed by atoms with Gasteiger partial charge >= 0.3 is 0 Å². The van der Waals surface area contributed by atoms with Gasteiger partial charge in [0.1, 0.15) is 18.2 Å². The van der Waals surface area contributed by atoms with Crippen LogP contribution in [0.2, 0.25) is 0 Å². The average Bonchev–Trinajstić information content (AvgIpc) is 2.60. The van der Waals surface area contributed by atoms with Gasteiger partial charge in [-0.05, 0) is 25.1 Å². The predicted octanol–water partition coefficient (Wildman–Crippen LogP) is 2.30. The van der Waals surface area contributed by atoms with Gasteiger partial charge in [-0.25, -0.2) is 10.5 Å². The van der Waals surface area contributed by atoms with Crippen molar-refractivity contribution in [1.29, 1.82) is 0 Å². The lowest BCUT2D eigenvalue weighted by atomic mass is 10.3. The average molecular weight is 351 g/mol. The van der Waals surface area contributed by atoms with Crippen molar-refractivity contribution >= 4 is 30.2 Å². The van der Waals surface area contributed by atoms with Gasteiger partial charge in [0.15, 0.2) is 0 Å². The highest BCUT2D eigenvalue weighted by atomic mass is 35.5. The number of hydroxylamine groups is 1. The van der Waals surface area contributed by atoms with E-state index in [1.807, 2.05) is 37.3 Å². The Labute approximate surface area is 146 Å². The molecule has 0 bridgehead atoms. The molecule has 0 radical (unpaired) electrons. The number of rotatable bonds is 7. The third-order valence-electron chi connectivity index (χ3n) is 2.82. The van der Waals surface area contributed by atoms with Crippen LogP contribution in [0.15, 0.2) is 48.8 Å². The van der Waals surface area contributed by atoms with E-state index in [1.54, 1.807) is 6.20 Å². The van der Waals surface area contributed by atoms with Crippen LogP contribution >= 0.6 is 12.4 Å². The van der Waals surface area contributed by atoms with Gasteiger partial charge in [0.05, 0.1) is 24.1 Å². The molecule has 3 N–H and O–H groups in total. The summed E-state index contributed by atoms with van der Waals surface area (Å²) in [5, 5.41) is 11.6. The molecular weight excluding hydrogens is 332 g/mol. The molecule has 0 aliphatic heterocycles. The van der Waals surface area contributed by atoms with E-state index >= 15 is 0 Å². The van der Waals surface area contributed by atoms with Crippen molar-refractivity contribution in [2.24, 2.45) is 0 Å². The number of nitrogens with zero attached hydrogens (tertiary/aromatic N) is 2. The molecule has 7 nitrogen and oxygen atoms in total. The van der Waals surface area contributed by atoms with Crippen molar-refractivity contribution in [3.05, 3.63) is 54.5 Å². The summed E-state index contributed by atoms with van der Waals surface area (Å²) in [4.78, 5) is 19.2. The summed E-state index contributed by atoms with van der Waals surface area (Å²) < 4.78 is 5.65. The normalized spacial score (nSPS) is 11.4. The lowest BCUT2D eigenvalue weighted by Crippen LogP contribution is -2.24. The maximum absolute atomic E-state index is 10.9. The number of halogens is 1. The van der Waals surface area contributed by atoms with Crippen LogP contribution in [0, 0.1) is 0 Å². The summed E-state index contributed by atoms with van der Waals surface area (Å²) in [6.07, 6.45) is 5.70. The van der Waals surface area contributed by atoms with Crippen LogP contribution in [-0.2, 0) is 4.79 Å². The Balaban J connectivity index is 0.00000288. The lowest BCUT2D eigenvalue weighted by molar-refractivity contribution is -0.124. The van der Waals surface area contributed by atoms with Gasteiger partial charge < -0.3 is 10.1 Å². The molecule has 1 aromatic heterocycles. The molecule has 1 heterocycles. The fourth-order valence-corrected chi connectivity index (χ4v) is 1.73. The Morgan fingerprint density at radius 2 is 2.04 bits per heavy atom. The highest BCUT2D eigenvalue weighted by Gasteiger charge is 2.04. The maximum Gasteiger partial charge on any atom is 0.267 e. The van der Waals surface area contributed by atoms with Crippen LogP contribution in [0.5, 0.6) is 5.75 Å². The number of ether oxygens (including phenoxy) is 1. The first kappa shape index (κ1) is 19.4. The van der Waals surface area contributed by atoms with Crippen molar-refractivity contribution in [3.63, 3.8) is 0 Å². The second-order valence-corrected chi connectivity index (χ2v) is 4.81. The highest BCUT2D eigenvalue weighted by Crippen LogP contribution is 2.10. The molecule has 24 heavy (non-hydrogen) atoms. The van der Waals surface area contributed by atoms with Gasteiger partial charge in [0.25, 0.3) is 5.91 Å². The quantitative estimate of drug-likeness (QED) is 0.403. The summed E-state index contributed by atoms with van der Waals surface area (Å²) in [6, 6.07) is 9.62. The van der Waals surface area contributed by atoms with E-state index < -0.39 is 5.91 Å². The Hall–Kier alpha value is -2.64.